The van der Waals surface area contributed by atoms with Crippen molar-refractivity contribution in [1.29, 1.82) is 0 Å². The summed E-state index contributed by atoms with van der Waals surface area (Å²) in [6.45, 7) is 3.00. The maximum atomic E-state index is 12.2. The van der Waals surface area contributed by atoms with Gasteiger partial charge in [0.15, 0.2) is 0 Å². The fourth-order valence-corrected chi connectivity index (χ4v) is 2.40. The molecule has 8 heteroatoms. The van der Waals surface area contributed by atoms with Crippen LogP contribution in [-0.4, -0.2) is 52.7 Å². The standard InChI is InChI=1S/C18H27N3O5/c1-11(2)8-14(18(25)26)20-17(24)15(10-22)21-16(23)13(19)9-12-6-4-3-5-7-12/h3-7,11,13-15,22H,8-10,19H2,1-2H3,(H,20,24)(H,21,23)(H,25,26). The normalized spacial score (nSPS) is 14.3. The maximum absolute atomic E-state index is 12.2. The van der Waals surface area contributed by atoms with Gasteiger partial charge in [-0.25, -0.2) is 4.79 Å². The molecule has 0 aliphatic heterocycles. The van der Waals surface area contributed by atoms with Crippen LogP contribution in [-0.2, 0) is 20.8 Å². The minimum Gasteiger partial charge on any atom is -0.480 e. The van der Waals surface area contributed by atoms with E-state index in [2.05, 4.69) is 10.6 Å². The van der Waals surface area contributed by atoms with E-state index in [0.717, 1.165) is 5.56 Å². The first-order valence-electron chi connectivity index (χ1n) is 8.48. The second kappa shape index (κ2) is 10.5. The molecule has 1 aromatic carbocycles. The number of nitrogens with two attached hydrogens (primary N) is 1. The van der Waals surface area contributed by atoms with Gasteiger partial charge in [-0.2, -0.15) is 0 Å². The van der Waals surface area contributed by atoms with Crippen molar-refractivity contribution in [3.05, 3.63) is 35.9 Å². The van der Waals surface area contributed by atoms with E-state index in [1.165, 1.54) is 0 Å². The number of carbonyl (C=O) groups excluding carboxylic acids is 2. The topological polar surface area (TPSA) is 142 Å². The largest absolute Gasteiger partial charge is 0.480 e. The summed E-state index contributed by atoms with van der Waals surface area (Å²) in [5.41, 5.74) is 6.71. The number of aliphatic hydroxyl groups excluding tert-OH is 1. The molecular weight excluding hydrogens is 338 g/mol. The molecule has 26 heavy (non-hydrogen) atoms. The van der Waals surface area contributed by atoms with Crippen LogP contribution in [0, 0.1) is 5.92 Å². The van der Waals surface area contributed by atoms with Gasteiger partial charge in [-0.3, -0.25) is 9.59 Å². The summed E-state index contributed by atoms with van der Waals surface area (Å²) in [5.74, 6) is -2.48. The first-order chi connectivity index (χ1) is 12.2. The number of benzene rings is 1. The van der Waals surface area contributed by atoms with E-state index < -0.39 is 42.5 Å². The summed E-state index contributed by atoms with van der Waals surface area (Å²) >= 11 is 0. The fraction of sp³-hybridized carbons (Fsp3) is 0.500. The molecule has 6 N–H and O–H groups in total. The van der Waals surface area contributed by atoms with E-state index in [1.54, 1.807) is 0 Å². The maximum Gasteiger partial charge on any atom is 0.326 e. The van der Waals surface area contributed by atoms with Crippen molar-refractivity contribution in [2.75, 3.05) is 6.61 Å². The van der Waals surface area contributed by atoms with Gasteiger partial charge < -0.3 is 26.6 Å². The average Bonchev–Trinajstić information content (AvgIpc) is 2.58. The molecule has 0 fully saturated rings. The Morgan fingerprint density at radius 3 is 2.12 bits per heavy atom. The lowest BCUT2D eigenvalue weighted by atomic mass is 10.0. The SMILES string of the molecule is CC(C)CC(NC(=O)C(CO)NC(=O)C(N)Cc1ccccc1)C(=O)O. The summed E-state index contributed by atoms with van der Waals surface area (Å²) in [7, 11) is 0. The van der Waals surface area contributed by atoms with Crippen LogP contribution in [0.25, 0.3) is 0 Å². The predicted octanol–water partition coefficient (Wildman–Crippen LogP) is -0.351. The summed E-state index contributed by atoms with van der Waals surface area (Å²) in [4.78, 5) is 35.6. The van der Waals surface area contributed by atoms with Crippen molar-refractivity contribution >= 4 is 17.8 Å². The molecule has 2 amide bonds. The Labute approximate surface area is 152 Å². The highest BCUT2D eigenvalue weighted by atomic mass is 16.4. The van der Waals surface area contributed by atoms with Crippen molar-refractivity contribution < 1.29 is 24.6 Å². The number of amides is 2. The minimum atomic E-state index is -1.27. The molecule has 0 aromatic heterocycles. The Morgan fingerprint density at radius 2 is 1.62 bits per heavy atom. The lowest BCUT2D eigenvalue weighted by Gasteiger charge is -2.22. The smallest absolute Gasteiger partial charge is 0.326 e. The molecule has 144 valence electrons. The van der Waals surface area contributed by atoms with Crippen LogP contribution in [0.5, 0.6) is 0 Å². The molecule has 0 radical (unpaired) electrons. The van der Waals surface area contributed by atoms with E-state index in [1.807, 2.05) is 44.2 Å². The van der Waals surface area contributed by atoms with Crippen molar-refractivity contribution in [3.8, 4) is 0 Å². The average molecular weight is 365 g/mol. The molecule has 0 bridgehead atoms. The molecular formula is C18H27N3O5. The lowest BCUT2D eigenvalue weighted by molar-refractivity contribution is -0.143. The highest BCUT2D eigenvalue weighted by molar-refractivity contribution is 5.91. The molecule has 0 saturated carbocycles. The van der Waals surface area contributed by atoms with Gasteiger partial charge in [0.05, 0.1) is 12.6 Å². The summed E-state index contributed by atoms with van der Waals surface area (Å²) in [6.07, 6.45) is 0.512. The van der Waals surface area contributed by atoms with Gasteiger partial charge in [0.25, 0.3) is 0 Å². The van der Waals surface area contributed by atoms with Gasteiger partial charge in [0.1, 0.15) is 12.1 Å². The van der Waals surface area contributed by atoms with E-state index >= 15 is 0 Å². The van der Waals surface area contributed by atoms with Gasteiger partial charge >= 0.3 is 5.97 Å². The molecule has 3 unspecified atom stereocenters. The van der Waals surface area contributed by atoms with Crippen molar-refractivity contribution in [1.82, 2.24) is 10.6 Å². The number of hydrogen-bond acceptors (Lipinski definition) is 5. The summed E-state index contributed by atoms with van der Waals surface area (Å²) in [5, 5.41) is 23.3. The van der Waals surface area contributed by atoms with Crippen LogP contribution >= 0.6 is 0 Å². The molecule has 0 spiro atoms. The number of hydrogen-bond donors (Lipinski definition) is 5. The fourth-order valence-electron chi connectivity index (χ4n) is 2.40. The zero-order valence-electron chi connectivity index (χ0n) is 15.0. The van der Waals surface area contributed by atoms with Gasteiger partial charge in [-0.05, 0) is 24.3 Å². The van der Waals surface area contributed by atoms with E-state index in [9.17, 15) is 24.6 Å². The zero-order valence-corrected chi connectivity index (χ0v) is 15.0. The highest BCUT2D eigenvalue weighted by Crippen LogP contribution is 2.06. The van der Waals surface area contributed by atoms with Gasteiger partial charge in [0, 0.05) is 0 Å². The van der Waals surface area contributed by atoms with Gasteiger partial charge in [-0.1, -0.05) is 44.2 Å². The number of nitrogens with one attached hydrogen (secondary N) is 2. The summed E-state index contributed by atoms with van der Waals surface area (Å²) in [6, 6.07) is 5.89. The first kappa shape index (κ1) is 21.6. The Balaban J connectivity index is 2.64. The van der Waals surface area contributed by atoms with Crippen LogP contribution in [0.15, 0.2) is 30.3 Å². The molecule has 8 nitrogen and oxygen atoms in total. The monoisotopic (exact) mass is 365 g/mol. The molecule has 3 atom stereocenters. The Hall–Kier alpha value is -2.45. The molecule has 0 saturated heterocycles. The van der Waals surface area contributed by atoms with Crippen LogP contribution in [0.4, 0.5) is 0 Å². The van der Waals surface area contributed by atoms with E-state index in [0.29, 0.717) is 0 Å². The number of rotatable bonds is 10. The lowest BCUT2D eigenvalue weighted by Crippen LogP contribution is -2.56. The zero-order chi connectivity index (χ0) is 19.7. The molecule has 0 aliphatic rings. The molecule has 0 heterocycles. The highest BCUT2D eigenvalue weighted by Gasteiger charge is 2.27. The molecule has 1 aromatic rings. The van der Waals surface area contributed by atoms with E-state index in [4.69, 9.17) is 5.73 Å². The van der Waals surface area contributed by atoms with Gasteiger partial charge in [0.2, 0.25) is 11.8 Å². The van der Waals surface area contributed by atoms with Crippen molar-refractivity contribution in [2.24, 2.45) is 11.7 Å². The van der Waals surface area contributed by atoms with Crippen LogP contribution < -0.4 is 16.4 Å². The third kappa shape index (κ3) is 7.20. The predicted molar refractivity (Wildman–Crippen MR) is 96.2 cm³/mol. The number of carboxylic acids is 1. The number of carbonyl (C=O) groups is 3. The minimum absolute atomic E-state index is 0.0536. The Morgan fingerprint density at radius 1 is 1.04 bits per heavy atom. The first-order valence-corrected chi connectivity index (χ1v) is 8.48. The second-order valence-electron chi connectivity index (χ2n) is 6.57. The number of aliphatic hydroxyl groups is 1. The van der Waals surface area contributed by atoms with E-state index in [-0.39, 0.29) is 18.8 Å². The van der Waals surface area contributed by atoms with Crippen LogP contribution in [0.1, 0.15) is 25.8 Å². The van der Waals surface area contributed by atoms with Crippen molar-refractivity contribution in [3.63, 3.8) is 0 Å². The third-order valence-electron chi connectivity index (χ3n) is 3.77. The van der Waals surface area contributed by atoms with Crippen LogP contribution in [0.2, 0.25) is 0 Å². The van der Waals surface area contributed by atoms with Crippen LogP contribution in [0.3, 0.4) is 0 Å². The summed E-state index contributed by atoms with van der Waals surface area (Å²) < 4.78 is 0. The Bertz CT molecular complexity index is 606. The van der Waals surface area contributed by atoms with Gasteiger partial charge in [-0.15, -0.1) is 0 Å². The van der Waals surface area contributed by atoms with Crippen molar-refractivity contribution in [2.45, 2.75) is 44.8 Å². The molecule has 0 aliphatic carbocycles. The Kier molecular flexibility index (Phi) is 8.74. The second-order valence-corrected chi connectivity index (χ2v) is 6.57. The third-order valence-corrected chi connectivity index (χ3v) is 3.77. The quantitative estimate of drug-likeness (QED) is 0.384. The number of aliphatic carboxylic acids is 1. The number of carboxylic acid groups (broad SMARTS) is 1. The molecule has 1 rings (SSSR count).